The minimum Gasteiger partial charge on any atom is -0.506 e. The summed E-state index contributed by atoms with van der Waals surface area (Å²) >= 11 is 0. The van der Waals surface area contributed by atoms with Gasteiger partial charge in [-0.25, -0.2) is 0 Å². The van der Waals surface area contributed by atoms with Gasteiger partial charge in [0.05, 0.1) is 10.6 Å². The van der Waals surface area contributed by atoms with Crippen LogP contribution < -0.4 is 10.6 Å². The molecule has 1 aliphatic heterocycles. The van der Waals surface area contributed by atoms with Crippen LogP contribution in [0.4, 0.5) is 11.4 Å². The van der Waals surface area contributed by atoms with Gasteiger partial charge in [-0.3, -0.25) is 14.9 Å². The zero-order valence-electron chi connectivity index (χ0n) is 10.3. The van der Waals surface area contributed by atoms with E-state index in [0.29, 0.717) is 6.42 Å². The van der Waals surface area contributed by atoms with E-state index in [1.807, 2.05) is 0 Å². The fourth-order valence-corrected chi connectivity index (χ4v) is 2.09. The molecule has 1 amide bonds. The van der Waals surface area contributed by atoms with Gasteiger partial charge in [-0.15, -0.1) is 0 Å². The van der Waals surface area contributed by atoms with E-state index in [9.17, 15) is 20.0 Å². The lowest BCUT2D eigenvalue weighted by Gasteiger charge is -2.10. The lowest BCUT2D eigenvalue weighted by molar-refractivity contribution is -0.384. The molecule has 1 fully saturated rings. The standard InChI is InChI=1S/C12H15N3O4/c16-11-2-1-9(15(18)19)6-10(11)14-12(17)5-8-3-4-13-7-8/h1-2,6,8,13,16H,3-5,7H2,(H,14,17). The minimum atomic E-state index is -0.573. The fraction of sp³-hybridized carbons (Fsp3) is 0.417. The Labute approximate surface area is 109 Å². The Morgan fingerprint density at radius 1 is 1.58 bits per heavy atom. The van der Waals surface area contributed by atoms with E-state index in [4.69, 9.17) is 0 Å². The maximum absolute atomic E-state index is 11.8. The molecule has 19 heavy (non-hydrogen) atoms. The topological polar surface area (TPSA) is 104 Å². The lowest BCUT2D eigenvalue weighted by Crippen LogP contribution is -2.18. The molecular weight excluding hydrogens is 250 g/mol. The number of aromatic hydroxyl groups is 1. The van der Waals surface area contributed by atoms with Crippen LogP contribution in [-0.4, -0.2) is 29.0 Å². The quantitative estimate of drug-likeness (QED) is 0.431. The number of carbonyl (C=O) groups excluding carboxylic acids is 1. The SMILES string of the molecule is O=C(CC1CCNC1)Nc1cc([N+](=O)[O-])ccc1O. The molecule has 0 aromatic heterocycles. The molecule has 1 aromatic rings. The molecule has 1 saturated heterocycles. The molecule has 0 radical (unpaired) electrons. The van der Waals surface area contributed by atoms with Crippen LogP contribution in [0.3, 0.4) is 0 Å². The summed E-state index contributed by atoms with van der Waals surface area (Å²) in [5.41, 5.74) is -0.0965. The number of nitro groups is 1. The normalized spacial score (nSPS) is 18.2. The molecule has 1 aromatic carbocycles. The van der Waals surface area contributed by atoms with Crippen molar-refractivity contribution < 1.29 is 14.8 Å². The van der Waals surface area contributed by atoms with Crippen LogP contribution in [0.25, 0.3) is 0 Å². The molecule has 0 spiro atoms. The smallest absolute Gasteiger partial charge is 0.271 e. The van der Waals surface area contributed by atoms with E-state index < -0.39 is 4.92 Å². The zero-order valence-corrected chi connectivity index (χ0v) is 10.3. The van der Waals surface area contributed by atoms with E-state index >= 15 is 0 Å². The van der Waals surface area contributed by atoms with Crippen LogP contribution in [-0.2, 0) is 4.79 Å². The van der Waals surface area contributed by atoms with E-state index in [1.165, 1.54) is 12.1 Å². The van der Waals surface area contributed by atoms with Crippen molar-refractivity contribution in [2.24, 2.45) is 5.92 Å². The number of benzene rings is 1. The first-order chi connectivity index (χ1) is 9.06. The van der Waals surface area contributed by atoms with Gasteiger partial charge >= 0.3 is 0 Å². The van der Waals surface area contributed by atoms with Gasteiger partial charge in [0.2, 0.25) is 5.91 Å². The highest BCUT2D eigenvalue weighted by Gasteiger charge is 2.19. The number of nitrogens with one attached hydrogen (secondary N) is 2. The van der Waals surface area contributed by atoms with Gasteiger partial charge in [0.1, 0.15) is 5.75 Å². The van der Waals surface area contributed by atoms with Gasteiger partial charge in [0.25, 0.3) is 5.69 Å². The van der Waals surface area contributed by atoms with Crippen molar-refractivity contribution >= 4 is 17.3 Å². The van der Waals surface area contributed by atoms with Crippen LogP contribution in [0.5, 0.6) is 5.75 Å². The van der Waals surface area contributed by atoms with Crippen molar-refractivity contribution in [2.45, 2.75) is 12.8 Å². The Kier molecular flexibility index (Phi) is 3.96. The number of nitro benzene ring substituents is 1. The number of non-ortho nitro benzene ring substituents is 1. The van der Waals surface area contributed by atoms with Crippen LogP contribution in [0.15, 0.2) is 18.2 Å². The predicted octanol–water partition coefficient (Wildman–Crippen LogP) is 1.24. The molecule has 3 N–H and O–H groups in total. The van der Waals surface area contributed by atoms with Gasteiger partial charge in [0, 0.05) is 18.6 Å². The summed E-state index contributed by atoms with van der Waals surface area (Å²) in [7, 11) is 0. The fourth-order valence-electron chi connectivity index (χ4n) is 2.09. The van der Waals surface area contributed by atoms with Crippen LogP contribution in [0.1, 0.15) is 12.8 Å². The second-order valence-corrected chi connectivity index (χ2v) is 4.57. The summed E-state index contributed by atoms with van der Waals surface area (Å²) in [5, 5.41) is 25.9. The molecule has 0 aliphatic carbocycles. The summed E-state index contributed by atoms with van der Waals surface area (Å²) in [4.78, 5) is 21.8. The van der Waals surface area contributed by atoms with Gasteiger partial charge < -0.3 is 15.7 Å². The number of nitrogens with zero attached hydrogens (tertiary/aromatic N) is 1. The zero-order chi connectivity index (χ0) is 13.8. The molecule has 1 atom stereocenters. The van der Waals surface area contributed by atoms with E-state index in [1.54, 1.807) is 0 Å². The second kappa shape index (κ2) is 5.66. The average molecular weight is 265 g/mol. The summed E-state index contributed by atoms with van der Waals surface area (Å²) in [6.45, 7) is 1.70. The number of phenols is 1. The molecule has 1 heterocycles. The molecule has 102 valence electrons. The van der Waals surface area contributed by atoms with Crippen LogP contribution in [0.2, 0.25) is 0 Å². The Morgan fingerprint density at radius 3 is 3.00 bits per heavy atom. The number of carbonyl (C=O) groups is 1. The van der Waals surface area contributed by atoms with Crippen molar-refractivity contribution in [1.82, 2.24) is 5.32 Å². The number of hydrogen-bond acceptors (Lipinski definition) is 5. The van der Waals surface area contributed by atoms with Gasteiger partial charge in [-0.05, 0) is 31.5 Å². The third-order valence-electron chi connectivity index (χ3n) is 3.10. The van der Waals surface area contributed by atoms with Gasteiger partial charge in [-0.2, -0.15) is 0 Å². The molecule has 1 aliphatic rings. The first-order valence-corrected chi connectivity index (χ1v) is 6.04. The van der Waals surface area contributed by atoms with Crippen molar-refractivity contribution in [2.75, 3.05) is 18.4 Å². The second-order valence-electron chi connectivity index (χ2n) is 4.57. The monoisotopic (exact) mass is 265 g/mol. The van der Waals surface area contributed by atoms with E-state index in [2.05, 4.69) is 10.6 Å². The largest absolute Gasteiger partial charge is 0.506 e. The highest BCUT2D eigenvalue weighted by atomic mass is 16.6. The van der Waals surface area contributed by atoms with Crippen LogP contribution >= 0.6 is 0 Å². The molecule has 7 nitrogen and oxygen atoms in total. The molecule has 0 saturated carbocycles. The third kappa shape index (κ3) is 3.41. The van der Waals surface area contributed by atoms with E-state index in [0.717, 1.165) is 25.6 Å². The number of amides is 1. The third-order valence-corrected chi connectivity index (χ3v) is 3.10. The summed E-state index contributed by atoms with van der Waals surface area (Å²) in [5.74, 6) is -0.145. The first kappa shape index (κ1) is 13.3. The Hall–Kier alpha value is -2.15. The van der Waals surface area contributed by atoms with E-state index in [-0.39, 0.29) is 28.9 Å². The highest BCUT2D eigenvalue weighted by Crippen LogP contribution is 2.28. The van der Waals surface area contributed by atoms with Crippen LogP contribution in [0, 0.1) is 16.0 Å². The van der Waals surface area contributed by atoms with Crippen molar-refractivity contribution in [1.29, 1.82) is 0 Å². The summed E-state index contributed by atoms with van der Waals surface area (Å²) in [6.07, 6.45) is 1.28. The molecular formula is C12H15N3O4. The van der Waals surface area contributed by atoms with Crippen molar-refractivity contribution in [3.63, 3.8) is 0 Å². The minimum absolute atomic E-state index is 0.0742. The maximum atomic E-state index is 11.8. The average Bonchev–Trinajstić information content (AvgIpc) is 2.84. The number of anilines is 1. The number of rotatable bonds is 4. The Bertz CT molecular complexity index is 498. The van der Waals surface area contributed by atoms with Gasteiger partial charge in [-0.1, -0.05) is 0 Å². The lowest BCUT2D eigenvalue weighted by atomic mass is 10.0. The van der Waals surface area contributed by atoms with Crippen molar-refractivity contribution in [3.8, 4) is 5.75 Å². The number of hydrogen-bond donors (Lipinski definition) is 3. The number of phenolic OH excluding ortho intramolecular Hbond substituents is 1. The predicted molar refractivity (Wildman–Crippen MR) is 69.0 cm³/mol. The maximum Gasteiger partial charge on any atom is 0.271 e. The molecule has 0 bridgehead atoms. The molecule has 7 heteroatoms. The van der Waals surface area contributed by atoms with Gasteiger partial charge in [0.15, 0.2) is 0 Å². The molecule has 2 rings (SSSR count). The van der Waals surface area contributed by atoms with Crippen molar-refractivity contribution in [3.05, 3.63) is 28.3 Å². The first-order valence-electron chi connectivity index (χ1n) is 6.04. The summed E-state index contributed by atoms with van der Waals surface area (Å²) in [6, 6.07) is 3.54. The Balaban J connectivity index is 2.02. The molecule has 1 unspecified atom stereocenters. The highest BCUT2D eigenvalue weighted by molar-refractivity contribution is 5.92. The Morgan fingerprint density at radius 2 is 2.37 bits per heavy atom. The summed E-state index contributed by atoms with van der Waals surface area (Å²) < 4.78 is 0.